The third-order valence-corrected chi connectivity index (χ3v) is 4.23. The van der Waals surface area contributed by atoms with Gasteiger partial charge in [0.2, 0.25) is 5.28 Å². The largest absolute Gasteiger partial charge is 0.467 e. The number of thioether (sulfide) groups is 1. The third kappa shape index (κ3) is 3.71. The monoisotopic (exact) mass is 273 g/mol. The molecule has 94 valence electrons. The predicted molar refractivity (Wildman–Crippen MR) is 68.7 cm³/mol. The van der Waals surface area contributed by atoms with Crippen LogP contribution < -0.4 is 4.74 Å². The first-order valence-corrected chi connectivity index (χ1v) is 7.05. The highest BCUT2D eigenvalue weighted by molar-refractivity contribution is 7.99. The second kappa shape index (κ2) is 5.87. The van der Waals surface area contributed by atoms with Crippen molar-refractivity contribution in [3.8, 4) is 6.01 Å². The Kier molecular flexibility index (Phi) is 4.45. The van der Waals surface area contributed by atoms with Crippen LogP contribution in [0.25, 0.3) is 0 Å². The van der Waals surface area contributed by atoms with Crippen molar-refractivity contribution in [1.29, 1.82) is 0 Å². The van der Waals surface area contributed by atoms with E-state index in [2.05, 4.69) is 21.9 Å². The Morgan fingerprint density at radius 3 is 2.82 bits per heavy atom. The third-order valence-electron chi connectivity index (χ3n) is 2.91. The molecule has 2 unspecified atom stereocenters. The van der Waals surface area contributed by atoms with E-state index in [1.54, 1.807) is 11.8 Å². The zero-order valence-electron chi connectivity index (χ0n) is 10.0. The summed E-state index contributed by atoms with van der Waals surface area (Å²) in [6.07, 6.45) is 5.06. The van der Waals surface area contributed by atoms with Gasteiger partial charge in [0.05, 0.1) is 7.11 Å². The molecule has 6 heteroatoms. The van der Waals surface area contributed by atoms with Crippen LogP contribution in [-0.4, -0.2) is 27.3 Å². The molecule has 0 radical (unpaired) electrons. The Balaban J connectivity index is 2.04. The molecule has 4 nitrogen and oxygen atoms in total. The van der Waals surface area contributed by atoms with Crippen LogP contribution in [0.4, 0.5) is 0 Å². The summed E-state index contributed by atoms with van der Waals surface area (Å²) in [6.45, 7) is 2.30. The lowest BCUT2D eigenvalue weighted by atomic mass is 9.91. The Morgan fingerprint density at radius 2 is 2.12 bits per heavy atom. The Hall–Kier alpha value is -0.550. The van der Waals surface area contributed by atoms with Crippen molar-refractivity contribution in [2.45, 2.75) is 43.0 Å². The van der Waals surface area contributed by atoms with Crippen LogP contribution in [0.1, 0.15) is 32.6 Å². The van der Waals surface area contributed by atoms with Gasteiger partial charge in [0.25, 0.3) is 0 Å². The van der Waals surface area contributed by atoms with Gasteiger partial charge in [-0.3, -0.25) is 0 Å². The standard InChI is InChI=1S/C11H16ClN3OS/c1-7-4-3-5-8(6-7)17-11-14-9(12)13-10(15-11)16-2/h7-8H,3-6H2,1-2H3. The van der Waals surface area contributed by atoms with Crippen molar-refractivity contribution < 1.29 is 4.74 Å². The molecule has 1 saturated carbocycles. The first-order valence-electron chi connectivity index (χ1n) is 5.79. The molecule has 17 heavy (non-hydrogen) atoms. The van der Waals surface area contributed by atoms with E-state index in [0.29, 0.717) is 10.4 Å². The first-order chi connectivity index (χ1) is 8.17. The Bertz CT molecular complexity index is 391. The molecule has 1 aliphatic rings. The quantitative estimate of drug-likeness (QED) is 0.846. The fraction of sp³-hybridized carbons (Fsp3) is 0.727. The number of aromatic nitrogens is 3. The van der Waals surface area contributed by atoms with Crippen molar-refractivity contribution in [2.75, 3.05) is 7.11 Å². The number of hydrogen-bond donors (Lipinski definition) is 0. The average molecular weight is 274 g/mol. The van der Waals surface area contributed by atoms with E-state index >= 15 is 0 Å². The molecule has 0 N–H and O–H groups in total. The van der Waals surface area contributed by atoms with Crippen LogP contribution in [0.2, 0.25) is 5.28 Å². The van der Waals surface area contributed by atoms with E-state index in [1.807, 2.05) is 0 Å². The molecule has 1 aromatic heterocycles. The topological polar surface area (TPSA) is 47.9 Å². The van der Waals surface area contributed by atoms with Crippen molar-refractivity contribution in [3.63, 3.8) is 0 Å². The van der Waals surface area contributed by atoms with Crippen molar-refractivity contribution >= 4 is 23.4 Å². The van der Waals surface area contributed by atoms with Crippen LogP contribution in [0, 0.1) is 5.92 Å². The maximum Gasteiger partial charge on any atom is 0.321 e. The summed E-state index contributed by atoms with van der Waals surface area (Å²) in [5.41, 5.74) is 0. The summed E-state index contributed by atoms with van der Waals surface area (Å²) in [5, 5.41) is 1.45. The summed E-state index contributed by atoms with van der Waals surface area (Å²) < 4.78 is 4.99. The van der Waals surface area contributed by atoms with Gasteiger partial charge in [-0.05, 0) is 30.4 Å². The average Bonchev–Trinajstić information content (AvgIpc) is 2.28. The molecule has 0 spiro atoms. The Morgan fingerprint density at radius 1 is 1.29 bits per heavy atom. The summed E-state index contributed by atoms with van der Waals surface area (Å²) in [4.78, 5) is 12.2. The molecule has 2 atom stereocenters. The van der Waals surface area contributed by atoms with Gasteiger partial charge < -0.3 is 4.74 Å². The van der Waals surface area contributed by atoms with Gasteiger partial charge in [0, 0.05) is 5.25 Å². The predicted octanol–water partition coefficient (Wildman–Crippen LogP) is 3.20. The number of ether oxygens (including phenoxy) is 1. The van der Waals surface area contributed by atoms with E-state index in [0.717, 1.165) is 5.92 Å². The number of nitrogens with zero attached hydrogens (tertiary/aromatic N) is 3. The smallest absolute Gasteiger partial charge is 0.321 e. The Labute approximate surface area is 111 Å². The fourth-order valence-corrected chi connectivity index (χ4v) is 3.57. The lowest BCUT2D eigenvalue weighted by Crippen LogP contribution is -2.15. The highest BCUT2D eigenvalue weighted by Gasteiger charge is 2.21. The van der Waals surface area contributed by atoms with Crippen molar-refractivity contribution in [3.05, 3.63) is 5.28 Å². The fourth-order valence-electron chi connectivity index (χ4n) is 2.09. The minimum Gasteiger partial charge on any atom is -0.467 e. The molecule has 0 saturated heterocycles. The number of halogens is 1. The van der Waals surface area contributed by atoms with Gasteiger partial charge in [-0.1, -0.05) is 31.5 Å². The second-order valence-electron chi connectivity index (χ2n) is 4.39. The van der Waals surface area contributed by atoms with Crippen molar-refractivity contribution in [2.24, 2.45) is 5.92 Å². The molecule has 1 heterocycles. The summed E-state index contributed by atoms with van der Waals surface area (Å²) in [7, 11) is 1.53. The van der Waals surface area contributed by atoms with Gasteiger partial charge in [-0.25, -0.2) is 0 Å². The molecular formula is C11H16ClN3OS. The molecule has 0 aromatic carbocycles. The summed E-state index contributed by atoms with van der Waals surface area (Å²) in [6, 6.07) is 0.288. The van der Waals surface area contributed by atoms with Crippen LogP contribution in [-0.2, 0) is 0 Å². The molecule has 1 aromatic rings. The SMILES string of the molecule is COc1nc(Cl)nc(SC2CCCC(C)C2)n1. The zero-order valence-corrected chi connectivity index (χ0v) is 11.6. The minimum absolute atomic E-state index is 0.197. The van der Waals surface area contributed by atoms with Gasteiger partial charge in [0.15, 0.2) is 5.16 Å². The van der Waals surface area contributed by atoms with Crippen molar-refractivity contribution in [1.82, 2.24) is 15.0 Å². The zero-order chi connectivity index (χ0) is 12.3. The van der Waals surface area contributed by atoms with E-state index in [9.17, 15) is 0 Å². The van der Waals surface area contributed by atoms with E-state index in [-0.39, 0.29) is 11.3 Å². The molecule has 0 amide bonds. The van der Waals surface area contributed by atoms with Crippen LogP contribution in [0.15, 0.2) is 5.16 Å². The first kappa shape index (κ1) is 12.9. The minimum atomic E-state index is 0.197. The molecule has 0 bridgehead atoms. The summed E-state index contributed by atoms with van der Waals surface area (Å²) >= 11 is 7.50. The normalized spacial score (nSPS) is 24.6. The van der Waals surface area contributed by atoms with E-state index in [1.165, 1.54) is 32.8 Å². The lowest BCUT2D eigenvalue weighted by molar-refractivity contribution is 0.372. The lowest BCUT2D eigenvalue weighted by Gasteiger charge is -2.25. The number of rotatable bonds is 3. The molecular weight excluding hydrogens is 258 g/mol. The molecule has 0 aliphatic heterocycles. The maximum atomic E-state index is 5.82. The maximum absolute atomic E-state index is 5.82. The highest BCUT2D eigenvalue weighted by Crippen LogP contribution is 2.35. The van der Waals surface area contributed by atoms with Gasteiger partial charge >= 0.3 is 6.01 Å². The number of hydrogen-bond acceptors (Lipinski definition) is 5. The second-order valence-corrected chi connectivity index (χ2v) is 5.99. The van der Waals surface area contributed by atoms with Gasteiger partial charge in [-0.15, -0.1) is 0 Å². The van der Waals surface area contributed by atoms with Gasteiger partial charge in [-0.2, -0.15) is 15.0 Å². The molecule has 1 aliphatic carbocycles. The van der Waals surface area contributed by atoms with E-state index < -0.39 is 0 Å². The van der Waals surface area contributed by atoms with Crippen LogP contribution in [0.3, 0.4) is 0 Å². The van der Waals surface area contributed by atoms with Gasteiger partial charge in [0.1, 0.15) is 0 Å². The molecule has 2 rings (SSSR count). The van der Waals surface area contributed by atoms with E-state index in [4.69, 9.17) is 16.3 Å². The highest BCUT2D eigenvalue weighted by atomic mass is 35.5. The molecule has 1 fully saturated rings. The van der Waals surface area contributed by atoms with Crippen LogP contribution >= 0.6 is 23.4 Å². The summed E-state index contributed by atoms with van der Waals surface area (Å²) in [5.74, 6) is 0.792. The number of methoxy groups -OCH3 is 1. The van der Waals surface area contributed by atoms with Crippen LogP contribution in [0.5, 0.6) is 6.01 Å².